The summed E-state index contributed by atoms with van der Waals surface area (Å²) >= 11 is 0. The van der Waals surface area contributed by atoms with Crippen molar-refractivity contribution in [2.45, 2.75) is 85.2 Å². The van der Waals surface area contributed by atoms with Gasteiger partial charge in [-0.2, -0.15) is 0 Å². The molecule has 12 heteroatoms. The number of nitrogens with one attached hydrogen (secondary N) is 1. The summed E-state index contributed by atoms with van der Waals surface area (Å²) in [6, 6.07) is 0. The Labute approximate surface area is 214 Å². The van der Waals surface area contributed by atoms with Crippen LogP contribution in [0.5, 0.6) is 0 Å². The lowest BCUT2D eigenvalue weighted by Crippen LogP contribution is -3.06. The van der Waals surface area contributed by atoms with Gasteiger partial charge < -0.3 is 28.4 Å². The van der Waals surface area contributed by atoms with E-state index in [1.54, 1.807) is 0 Å². The Hall–Kier alpha value is -1.76. The van der Waals surface area contributed by atoms with Crippen LogP contribution in [0.1, 0.15) is 60.8 Å². The minimum atomic E-state index is -3.92. The smallest absolute Gasteiger partial charge is 0.312 e. The number of hydrogen-bond donors (Lipinski definition) is 1. The molecule has 36 heavy (non-hydrogen) atoms. The van der Waals surface area contributed by atoms with Gasteiger partial charge in [-0.05, 0) is 47.0 Å². The molecule has 3 fully saturated rings. The lowest BCUT2D eigenvalue weighted by atomic mass is 9.87. The Balaban J connectivity index is 0.000000317. The van der Waals surface area contributed by atoms with Crippen LogP contribution in [0.3, 0.4) is 0 Å². The third kappa shape index (κ3) is 9.28. The largest absolute Gasteiger partial charge is 0.748 e. The second kappa shape index (κ2) is 12.7. The summed E-state index contributed by atoms with van der Waals surface area (Å²) in [4.78, 5) is 36.3. The molecule has 0 amide bonds. The van der Waals surface area contributed by atoms with E-state index in [1.807, 2.05) is 55.6 Å². The van der Waals surface area contributed by atoms with Crippen LogP contribution < -0.4 is 4.90 Å². The SMILES string of the molecule is CCC(C)(C)C(=O)OC1C2CC3C(=O)OC1C3O2.CCC(C)(C)C(=O)OCC[NH+](C)C.CS(=O)(=O)[O-]. The summed E-state index contributed by atoms with van der Waals surface area (Å²) < 4.78 is 48.8. The van der Waals surface area contributed by atoms with Crippen molar-refractivity contribution in [1.29, 1.82) is 0 Å². The van der Waals surface area contributed by atoms with Gasteiger partial charge in [-0.3, -0.25) is 14.4 Å². The van der Waals surface area contributed by atoms with Crippen LogP contribution in [0.25, 0.3) is 0 Å². The average Bonchev–Trinajstić information content (AvgIpc) is 3.37. The Kier molecular flexibility index (Phi) is 11.3. The van der Waals surface area contributed by atoms with Gasteiger partial charge in [-0.15, -0.1) is 0 Å². The van der Waals surface area contributed by atoms with Crippen LogP contribution in [-0.4, -0.2) is 88.8 Å². The molecule has 0 aromatic carbocycles. The predicted octanol–water partition coefficient (Wildman–Crippen LogP) is 0.319. The van der Waals surface area contributed by atoms with Crippen LogP contribution in [0.4, 0.5) is 0 Å². The number of carbonyl (C=O) groups excluding carboxylic acids is 3. The fourth-order valence-corrected chi connectivity index (χ4v) is 3.50. The third-order valence-corrected chi connectivity index (χ3v) is 6.74. The first-order valence-electron chi connectivity index (χ1n) is 12.3. The van der Waals surface area contributed by atoms with Crippen LogP contribution in [0.15, 0.2) is 0 Å². The molecule has 0 spiro atoms. The predicted molar refractivity (Wildman–Crippen MR) is 129 cm³/mol. The molecule has 3 aliphatic rings. The first-order chi connectivity index (χ1) is 16.3. The highest BCUT2D eigenvalue weighted by atomic mass is 32.2. The fraction of sp³-hybridized carbons (Fsp3) is 0.875. The van der Waals surface area contributed by atoms with Crippen molar-refractivity contribution in [3.8, 4) is 0 Å². The van der Waals surface area contributed by atoms with Gasteiger partial charge >= 0.3 is 17.9 Å². The molecule has 0 aromatic rings. The van der Waals surface area contributed by atoms with E-state index >= 15 is 0 Å². The molecule has 5 atom stereocenters. The lowest BCUT2D eigenvalue weighted by molar-refractivity contribution is -0.858. The van der Waals surface area contributed by atoms with E-state index in [-0.39, 0.29) is 41.4 Å². The van der Waals surface area contributed by atoms with Crippen LogP contribution in [0, 0.1) is 16.7 Å². The molecule has 11 nitrogen and oxygen atoms in total. The van der Waals surface area contributed by atoms with Gasteiger partial charge in [-0.25, -0.2) is 8.42 Å². The zero-order valence-corrected chi connectivity index (χ0v) is 23.7. The number of fused-ring (bicyclic) bond motifs is 1. The number of likely N-dealkylation sites (N-methyl/N-ethyl adjacent to an activating group) is 1. The lowest BCUT2D eigenvalue weighted by Gasteiger charge is -2.27. The van der Waals surface area contributed by atoms with Crippen molar-refractivity contribution in [2.75, 3.05) is 33.5 Å². The van der Waals surface area contributed by atoms with Gasteiger partial charge in [0.05, 0.1) is 47.1 Å². The van der Waals surface area contributed by atoms with Crippen LogP contribution in [-0.2, 0) is 43.4 Å². The first-order valence-corrected chi connectivity index (χ1v) is 14.1. The number of hydrogen-bond acceptors (Lipinski definition) is 10. The minimum Gasteiger partial charge on any atom is -0.748 e. The summed E-state index contributed by atoms with van der Waals surface area (Å²) in [5.74, 6) is -0.683. The summed E-state index contributed by atoms with van der Waals surface area (Å²) in [5, 5.41) is 0. The molecule has 3 saturated heterocycles. The quantitative estimate of drug-likeness (QED) is 0.260. The van der Waals surface area contributed by atoms with Gasteiger partial charge in [0.1, 0.15) is 19.3 Å². The van der Waals surface area contributed by atoms with Crippen molar-refractivity contribution >= 4 is 28.0 Å². The maximum atomic E-state index is 12.1. The second-order valence-corrected chi connectivity index (χ2v) is 12.4. The van der Waals surface area contributed by atoms with E-state index in [1.165, 1.54) is 4.90 Å². The number of ether oxygens (including phenoxy) is 4. The van der Waals surface area contributed by atoms with Gasteiger partial charge in [0.2, 0.25) is 0 Å². The zero-order chi connectivity index (χ0) is 28.1. The molecule has 3 rings (SSSR count). The Morgan fingerprint density at radius 3 is 2.03 bits per heavy atom. The monoisotopic (exact) mass is 537 g/mol. The molecule has 210 valence electrons. The molecule has 2 bridgehead atoms. The standard InChI is InChI=1S/C13H18O5.C10H21NO2.CH4O3S/c1-4-13(2,3)12(15)18-9-7-5-6-8(16-7)10(9)17-11(6)14;1-6-10(2,3)9(12)13-8-7-11(4)5;1-5(2,3)4/h6-10H,4-5H2,1-3H3;6-8H2,1-5H3;1H3,(H,2,3,4). The Bertz CT molecular complexity index is 875. The van der Waals surface area contributed by atoms with E-state index in [0.29, 0.717) is 25.7 Å². The topological polar surface area (TPSA) is 150 Å². The summed E-state index contributed by atoms with van der Waals surface area (Å²) in [7, 11) is 0.164. The molecule has 3 heterocycles. The molecule has 0 aromatic heterocycles. The number of esters is 3. The molecular weight excluding hydrogens is 494 g/mol. The molecule has 0 saturated carbocycles. The van der Waals surface area contributed by atoms with Crippen molar-refractivity contribution in [2.24, 2.45) is 16.7 Å². The maximum absolute atomic E-state index is 12.1. The van der Waals surface area contributed by atoms with Crippen molar-refractivity contribution in [3.05, 3.63) is 0 Å². The van der Waals surface area contributed by atoms with Crippen molar-refractivity contribution in [1.82, 2.24) is 0 Å². The van der Waals surface area contributed by atoms with Gasteiger partial charge in [0, 0.05) is 6.26 Å². The van der Waals surface area contributed by atoms with E-state index < -0.39 is 27.7 Å². The molecular formula is C24H43NO10S. The highest BCUT2D eigenvalue weighted by Crippen LogP contribution is 2.47. The first kappa shape index (κ1) is 32.3. The average molecular weight is 538 g/mol. The molecule has 1 N–H and O–H groups in total. The van der Waals surface area contributed by atoms with Crippen LogP contribution in [0.2, 0.25) is 0 Å². The van der Waals surface area contributed by atoms with Crippen molar-refractivity contribution in [3.63, 3.8) is 0 Å². The van der Waals surface area contributed by atoms with Gasteiger partial charge in [0.25, 0.3) is 0 Å². The van der Waals surface area contributed by atoms with Gasteiger partial charge in [0.15, 0.2) is 12.2 Å². The van der Waals surface area contributed by atoms with E-state index in [9.17, 15) is 14.4 Å². The molecule has 0 radical (unpaired) electrons. The number of rotatable bonds is 8. The van der Waals surface area contributed by atoms with Crippen LogP contribution >= 0.6 is 0 Å². The zero-order valence-electron chi connectivity index (χ0n) is 22.9. The highest BCUT2D eigenvalue weighted by molar-refractivity contribution is 7.84. The molecule has 3 aliphatic heterocycles. The highest BCUT2D eigenvalue weighted by Gasteiger charge is 2.65. The van der Waals surface area contributed by atoms with E-state index in [2.05, 4.69) is 0 Å². The Morgan fingerprint density at radius 2 is 1.56 bits per heavy atom. The Morgan fingerprint density at radius 1 is 1.06 bits per heavy atom. The van der Waals surface area contributed by atoms with Crippen molar-refractivity contribution < 1.29 is 51.2 Å². The number of quaternary nitrogens is 1. The van der Waals surface area contributed by atoms with Gasteiger partial charge in [-0.1, -0.05) is 13.8 Å². The second-order valence-electron chi connectivity index (χ2n) is 11.0. The third-order valence-electron chi connectivity index (χ3n) is 6.74. The van der Waals surface area contributed by atoms with E-state index in [4.69, 9.17) is 31.9 Å². The summed E-state index contributed by atoms with van der Waals surface area (Å²) in [5.41, 5.74) is -0.842. The molecule has 0 aliphatic carbocycles. The molecule has 5 unspecified atom stereocenters. The fourth-order valence-electron chi connectivity index (χ4n) is 3.50. The van der Waals surface area contributed by atoms with E-state index in [0.717, 1.165) is 13.0 Å². The minimum absolute atomic E-state index is 0.0868. The summed E-state index contributed by atoms with van der Waals surface area (Å²) in [6.07, 6.45) is 1.56. The normalized spacial score (nSPS) is 26.4. The maximum Gasteiger partial charge on any atom is 0.312 e. The summed E-state index contributed by atoms with van der Waals surface area (Å²) in [6.45, 7) is 12.9. The number of carbonyl (C=O) groups is 3.